The van der Waals surface area contributed by atoms with Gasteiger partial charge in [0, 0.05) is 17.9 Å². The Morgan fingerprint density at radius 3 is 2.55 bits per heavy atom. The van der Waals surface area contributed by atoms with Crippen LogP contribution in [0.25, 0.3) is 0 Å². The third-order valence-electron chi connectivity index (χ3n) is 4.08. The van der Waals surface area contributed by atoms with Gasteiger partial charge in [0.15, 0.2) is 6.10 Å². The fraction of sp³-hybridized carbons (Fsp3) is 0.300. The minimum atomic E-state index is -3.89. The highest BCUT2D eigenvalue weighted by Crippen LogP contribution is 2.18. The molecule has 0 saturated carbocycles. The van der Waals surface area contributed by atoms with Crippen molar-refractivity contribution in [2.45, 2.75) is 37.7 Å². The smallest absolute Gasteiger partial charge is 0.341 e. The number of anilines is 2. The van der Waals surface area contributed by atoms with Gasteiger partial charge >= 0.3 is 5.97 Å². The number of esters is 1. The normalized spacial score (nSPS) is 12.1. The molecule has 0 bridgehead atoms. The van der Waals surface area contributed by atoms with E-state index in [0.717, 1.165) is 19.4 Å². The molecule has 2 aromatic rings. The minimum absolute atomic E-state index is 0.132. The first kappa shape index (κ1) is 22.4. The molecule has 2 rings (SSSR count). The predicted molar refractivity (Wildman–Crippen MR) is 111 cm³/mol. The number of rotatable bonds is 9. The lowest BCUT2D eigenvalue weighted by molar-refractivity contribution is -0.123. The van der Waals surface area contributed by atoms with Crippen molar-refractivity contribution in [3.05, 3.63) is 54.1 Å². The maximum absolute atomic E-state index is 12.5. The van der Waals surface area contributed by atoms with E-state index in [4.69, 9.17) is 9.88 Å². The van der Waals surface area contributed by atoms with E-state index in [1.807, 2.05) is 0 Å². The second-order valence-electron chi connectivity index (χ2n) is 6.44. The topological polar surface area (TPSA) is 128 Å². The van der Waals surface area contributed by atoms with E-state index < -0.39 is 28.0 Å². The summed E-state index contributed by atoms with van der Waals surface area (Å²) in [6.07, 6.45) is 0.882. The standard InChI is InChI=1S/C20H25N3O5S/c1-3-4-12-22-18-11-6-5-10-17(18)20(25)28-14(2)19(24)23-15-8-7-9-16(13-15)29(21,26)27/h5-11,13-14,22H,3-4,12H2,1-2H3,(H,23,24)(H2,21,26,27)/t14-/m0/s1. The maximum Gasteiger partial charge on any atom is 0.341 e. The summed E-state index contributed by atoms with van der Waals surface area (Å²) in [5.41, 5.74) is 1.20. The van der Waals surface area contributed by atoms with Crippen LogP contribution < -0.4 is 15.8 Å². The predicted octanol–water partition coefficient (Wildman–Crippen LogP) is 2.73. The Bertz CT molecular complexity index is 976. The molecule has 156 valence electrons. The summed E-state index contributed by atoms with van der Waals surface area (Å²) in [7, 11) is -3.89. The summed E-state index contributed by atoms with van der Waals surface area (Å²) in [6.45, 7) is 4.22. The van der Waals surface area contributed by atoms with Gasteiger partial charge in [-0.3, -0.25) is 4.79 Å². The van der Waals surface area contributed by atoms with Gasteiger partial charge in [-0.15, -0.1) is 0 Å². The van der Waals surface area contributed by atoms with Gasteiger partial charge in [-0.05, 0) is 43.7 Å². The summed E-state index contributed by atoms with van der Waals surface area (Å²) in [4.78, 5) is 24.7. The second-order valence-corrected chi connectivity index (χ2v) is 8.00. The maximum atomic E-state index is 12.5. The molecule has 1 amide bonds. The number of carbonyl (C=O) groups is 2. The van der Waals surface area contributed by atoms with Crippen molar-refractivity contribution in [1.82, 2.24) is 0 Å². The van der Waals surface area contributed by atoms with Crippen LogP contribution >= 0.6 is 0 Å². The van der Waals surface area contributed by atoms with E-state index in [-0.39, 0.29) is 10.6 Å². The van der Waals surface area contributed by atoms with Crippen LogP contribution in [0.2, 0.25) is 0 Å². The van der Waals surface area contributed by atoms with Gasteiger partial charge in [-0.1, -0.05) is 31.5 Å². The molecule has 0 aliphatic heterocycles. The molecule has 0 spiro atoms. The number of unbranched alkanes of at least 4 members (excludes halogenated alkanes) is 1. The molecule has 2 aromatic carbocycles. The minimum Gasteiger partial charge on any atom is -0.449 e. The second kappa shape index (κ2) is 10.0. The summed E-state index contributed by atoms with van der Waals surface area (Å²) in [5, 5.41) is 10.8. The molecule has 0 radical (unpaired) electrons. The van der Waals surface area contributed by atoms with Gasteiger partial charge in [0.2, 0.25) is 10.0 Å². The summed E-state index contributed by atoms with van der Waals surface area (Å²) in [6, 6.07) is 12.4. The highest BCUT2D eigenvalue weighted by atomic mass is 32.2. The van der Waals surface area contributed by atoms with Gasteiger partial charge in [0.1, 0.15) is 0 Å². The molecule has 9 heteroatoms. The van der Waals surface area contributed by atoms with E-state index >= 15 is 0 Å². The number of hydrogen-bond acceptors (Lipinski definition) is 6. The van der Waals surface area contributed by atoms with Crippen LogP contribution in [-0.4, -0.2) is 32.9 Å². The number of amides is 1. The SMILES string of the molecule is CCCCNc1ccccc1C(=O)O[C@@H](C)C(=O)Nc1cccc(S(N)(=O)=O)c1. The molecule has 0 fully saturated rings. The lowest BCUT2D eigenvalue weighted by Crippen LogP contribution is -2.30. The third-order valence-corrected chi connectivity index (χ3v) is 4.99. The van der Waals surface area contributed by atoms with Crippen LogP contribution in [0.4, 0.5) is 11.4 Å². The average molecular weight is 420 g/mol. The number of sulfonamides is 1. The molecule has 0 aliphatic carbocycles. The highest BCUT2D eigenvalue weighted by Gasteiger charge is 2.21. The van der Waals surface area contributed by atoms with Gasteiger partial charge in [0.05, 0.1) is 10.5 Å². The van der Waals surface area contributed by atoms with E-state index in [2.05, 4.69) is 17.6 Å². The van der Waals surface area contributed by atoms with Crippen LogP contribution in [-0.2, 0) is 19.6 Å². The summed E-state index contributed by atoms with van der Waals surface area (Å²) in [5.74, 6) is -1.23. The largest absolute Gasteiger partial charge is 0.449 e. The molecule has 0 saturated heterocycles. The fourth-order valence-corrected chi connectivity index (χ4v) is 3.05. The number of para-hydroxylation sites is 1. The molecular weight excluding hydrogens is 394 g/mol. The van der Waals surface area contributed by atoms with Crippen molar-refractivity contribution in [2.75, 3.05) is 17.2 Å². The zero-order valence-electron chi connectivity index (χ0n) is 16.3. The molecule has 0 aromatic heterocycles. The molecule has 1 atom stereocenters. The molecular formula is C20H25N3O5S. The van der Waals surface area contributed by atoms with E-state index in [1.54, 1.807) is 24.3 Å². The average Bonchev–Trinajstić information content (AvgIpc) is 2.68. The number of ether oxygens (including phenoxy) is 1. The number of nitrogens with two attached hydrogens (primary N) is 1. The quantitative estimate of drug-likeness (QED) is 0.424. The van der Waals surface area contributed by atoms with E-state index in [0.29, 0.717) is 11.3 Å². The number of carbonyl (C=O) groups excluding carboxylic acids is 2. The van der Waals surface area contributed by atoms with Crippen LogP contribution in [0.5, 0.6) is 0 Å². The third kappa shape index (κ3) is 6.58. The van der Waals surface area contributed by atoms with Gasteiger partial charge < -0.3 is 15.4 Å². The van der Waals surface area contributed by atoms with E-state index in [9.17, 15) is 18.0 Å². The monoisotopic (exact) mass is 419 g/mol. The van der Waals surface area contributed by atoms with Crippen molar-refractivity contribution in [3.8, 4) is 0 Å². The van der Waals surface area contributed by atoms with E-state index in [1.165, 1.54) is 31.2 Å². The first-order chi connectivity index (χ1) is 13.7. The number of hydrogen-bond donors (Lipinski definition) is 3. The molecule has 8 nitrogen and oxygen atoms in total. The summed E-state index contributed by atoms with van der Waals surface area (Å²) >= 11 is 0. The zero-order valence-corrected chi connectivity index (χ0v) is 17.2. The van der Waals surface area contributed by atoms with Gasteiger partial charge in [-0.25, -0.2) is 18.4 Å². The van der Waals surface area contributed by atoms with Gasteiger partial charge in [-0.2, -0.15) is 0 Å². The molecule has 29 heavy (non-hydrogen) atoms. The number of nitrogens with one attached hydrogen (secondary N) is 2. The fourth-order valence-electron chi connectivity index (χ4n) is 2.49. The van der Waals surface area contributed by atoms with Crippen LogP contribution in [0, 0.1) is 0 Å². The van der Waals surface area contributed by atoms with Crippen LogP contribution in [0.1, 0.15) is 37.0 Å². The Morgan fingerprint density at radius 1 is 1.14 bits per heavy atom. The van der Waals surface area contributed by atoms with Crippen molar-refractivity contribution >= 4 is 33.3 Å². The molecule has 0 aliphatic rings. The Morgan fingerprint density at radius 2 is 1.86 bits per heavy atom. The Labute approximate surface area is 170 Å². The Hall–Kier alpha value is -2.91. The Balaban J connectivity index is 2.04. The van der Waals surface area contributed by atoms with Crippen molar-refractivity contribution in [2.24, 2.45) is 5.14 Å². The number of primary sulfonamides is 1. The molecule has 0 heterocycles. The van der Waals surface area contributed by atoms with Crippen molar-refractivity contribution in [3.63, 3.8) is 0 Å². The first-order valence-corrected chi connectivity index (χ1v) is 10.7. The first-order valence-electron chi connectivity index (χ1n) is 9.20. The number of benzene rings is 2. The van der Waals surface area contributed by atoms with Gasteiger partial charge in [0.25, 0.3) is 5.91 Å². The summed E-state index contributed by atoms with van der Waals surface area (Å²) < 4.78 is 28.1. The Kier molecular flexibility index (Phi) is 7.74. The van der Waals surface area contributed by atoms with Crippen molar-refractivity contribution in [1.29, 1.82) is 0 Å². The van der Waals surface area contributed by atoms with Crippen LogP contribution in [0.3, 0.4) is 0 Å². The molecule has 4 N–H and O–H groups in total. The zero-order chi connectivity index (χ0) is 21.4. The highest BCUT2D eigenvalue weighted by molar-refractivity contribution is 7.89. The lowest BCUT2D eigenvalue weighted by atomic mass is 10.1. The van der Waals surface area contributed by atoms with Crippen molar-refractivity contribution < 1.29 is 22.7 Å². The lowest BCUT2D eigenvalue weighted by Gasteiger charge is -2.16. The molecule has 0 unspecified atom stereocenters. The van der Waals surface area contributed by atoms with Crippen LogP contribution in [0.15, 0.2) is 53.4 Å².